The third-order valence-electron chi connectivity index (χ3n) is 3.41. The third kappa shape index (κ3) is 4.87. The van der Waals surface area contributed by atoms with Crippen LogP contribution in [-0.4, -0.2) is 26.8 Å². The summed E-state index contributed by atoms with van der Waals surface area (Å²) in [6, 6.07) is 15.7. The molecule has 2 aromatic carbocycles. The van der Waals surface area contributed by atoms with Gasteiger partial charge in [0.1, 0.15) is 0 Å². The van der Waals surface area contributed by atoms with Crippen molar-refractivity contribution in [1.82, 2.24) is 10.2 Å². The predicted molar refractivity (Wildman–Crippen MR) is 102 cm³/mol. The Morgan fingerprint density at radius 2 is 1.96 bits per heavy atom. The maximum Gasteiger partial charge on any atom is 0.270 e. The summed E-state index contributed by atoms with van der Waals surface area (Å²) in [4.78, 5) is 22.4. The van der Waals surface area contributed by atoms with E-state index in [0.717, 1.165) is 16.5 Å². The van der Waals surface area contributed by atoms with Crippen LogP contribution in [0.15, 0.2) is 58.9 Å². The molecule has 26 heavy (non-hydrogen) atoms. The van der Waals surface area contributed by atoms with Gasteiger partial charge in [0.25, 0.3) is 11.6 Å². The zero-order valence-corrected chi connectivity index (χ0v) is 15.1. The van der Waals surface area contributed by atoms with Crippen LogP contribution >= 0.6 is 23.1 Å². The number of aromatic nitrogens is 2. The second-order valence-corrected chi connectivity index (χ2v) is 7.54. The molecular weight excluding hydrogens is 372 g/mol. The van der Waals surface area contributed by atoms with Crippen LogP contribution in [0.3, 0.4) is 0 Å². The first-order valence-electron chi connectivity index (χ1n) is 7.68. The highest BCUT2D eigenvalue weighted by Gasteiger charge is 2.14. The number of aryl methyl sites for hydroxylation is 1. The van der Waals surface area contributed by atoms with Crippen LogP contribution in [0.2, 0.25) is 0 Å². The van der Waals surface area contributed by atoms with E-state index in [1.807, 2.05) is 18.2 Å². The second kappa shape index (κ2) is 8.54. The smallest absolute Gasteiger partial charge is 0.270 e. The number of rotatable bonds is 7. The molecule has 0 bridgehead atoms. The lowest BCUT2D eigenvalue weighted by atomic mass is 10.2. The lowest BCUT2D eigenvalue weighted by Gasteiger charge is -2.00. The zero-order valence-electron chi connectivity index (χ0n) is 13.5. The van der Waals surface area contributed by atoms with Crippen molar-refractivity contribution in [3.8, 4) is 0 Å². The predicted octanol–water partition coefficient (Wildman–Crippen LogP) is 4.03. The van der Waals surface area contributed by atoms with Gasteiger partial charge in [0, 0.05) is 23.4 Å². The number of nitrogens with zero attached hydrogens (tertiary/aromatic N) is 3. The van der Waals surface area contributed by atoms with Gasteiger partial charge >= 0.3 is 0 Å². The lowest BCUT2D eigenvalue weighted by Crippen LogP contribution is -2.11. The molecular formula is C17H14N4O3S2. The largest absolute Gasteiger partial charge is 0.296 e. The molecule has 132 valence electrons. The molecule has 0 radical (unpaired) electrons. The Labute approximate surface area is 157 Å². The van der Waals surface area contributed by atoms with Crippen molar-refractivity contribution in [2.45, 2.75) is 10.8 Å². The number of nitrogens with one attached hydrogen (secondary N) is 1. The number of nitro benzene ring substituents is 1. The van der Waals surface area contributed by atoms with Gasteiger partial charge in [0.05, 0.1) is 4.92 Å². The van der Waals surface area contributed by atoms with E-state index in [0.29, 0.717) is 5.13 Å². The molecule has 3 aromatic rings. The van der Waals surface area contributed by atoms with Gasteiger partial charge in [-0.15, -0.1) is 10.2 Å². The molecule has 0 atom stereocenters. The van der Waals surface area contributed by atoms with Gasteiger partial charge in [0.15, 0.2) is 4.34 Å². The minimum Gasteiger partial charge on any atom is -0.296 e. The standard InChI is InChI=1S/C17H14N4O3S2/c22-15(13-7-4-8-14(11-13)21(23)24)18-16-19-20-17(26-16)25-10-9-12-5-2-1-3-6-12/h1-8,11H,9-10H2,(H,18,19,22). The molecule has 1 heterocycles. The summed E-state index contributed by atoms with van der Waals surface area (Å²) in [5, 5.41) is 21.8. The van der Waals surface area contributed by atoms with E-state index in [4.69, 9.17) is 0 Å². The average Bonchev–Trinajstić information content (AvgIpc) is 3.10. The Morgan fingerprint density at radius 1 is 1.15 bits per heavy atom. The van der Waals surface area contributed by atoms with Gasteiger partial charge in [0.2, 0.25) is 5.13 Å². The number of carbonyl (C=O) groups excluding carboxylic acids is 1. The van der Waals surface area contributed by atoms with Crippen LogP contribution in [0.25, 0.3) is 0 Å². The first-order valence-corrected chi connectivity index (χ1v) is 9.48. The van der Waals surface area contributed by atoms with Crippen LogP contribution in [-0.2, 0) is 6.42 Å². The lowest BCUT2D eigenvalue weighted by molar-refractivity contribution is -0.384. The van der Waals surface area contributed by atoms with Crippen LogP contribution in [0.5, 0.6) is 0 Å². The second-order valence-electron chi connectivity index (χ2n) is 5.22. The molecule has 1 amide bonds. The summed E-state index contributed by atoms with van der Waals surface area (Å²) in [7, 11) is 0. The molecule has 0 saturated carbocycles. The van der Waals surface area contributed by atoms with Gasteiger partial charge in [-0.2, -0.15) is 0 Å². The van der Waals surface area contributed by atoms with E-state index in [1.165, 1.54) is 41.2 Å². The molecule has 1 N–H and O–H groups in total. The van der Waals surface area contributed by atoms with Gasteiger partial charge < -0.3 is 0 Å². The normalized spacial score (nSPS) is 10.5. The third-order valence-corrected chi connectivity index (χ3v) is 5.38. The summed E-state index contributed by atoms with van der Waals surface area (Å²) < 4.78 is 0.760. The van der Waals surface area contributed by atoms with Gasteiger partial charge in [-0.1, -0.05) is 59.5 Å². The fourth-order valence-corrected chi connectivity index (χ4v) is 3.96. The van der Waals surface area contributed by atoms with Crippen molar-refractivity contribution >= 4 is 39.8 Å². The summed E-state index contributed by atoms with van der Waals surface area (Å²) in [6.45, 7) is 0. The van der Waals surface area contributed by atoms with Crippen LogP contribution < -0.4 is 5.32 Å². The van der Waals surface area contributed by atoms with Crippen molar-refractivity contribution in [3.63, 3.8) is 0 Å². The Hall–Kier alpha value is -2.78. The Balaban J connectivity index is 1.55. The average molecular weight is 386 g/mol. The van der Waals surface area contributed by atoms with Crippen LogP contribution in [0, 0.1) is 10.1 Å². The minimum atomic E-state index is -0.538. The van der Waals surface area contributed by atoms with Crippen molar-refractivity contribution in [1.29, 1.82) is 0 Å². The molecule has 0 aliphatic heterocycles. The summed E-state index contributed by atoms with van der Waals surface area (Å²) in [5.41, 5.74) is 1.32. The topological polar surface area (TPSA) is 98.0 Å². The molecule has 9 heteroatoms. The van der Waals surface area contributed by atoms with E-state index >= 15 is 0 Å². The number of hydrogen-bond acceptors (Lipinski definition) is 7. The van der Waals surface area contributed by atoms with Crippen molar-refractivity contribution in [2.75, 3.05) is 11.1 Å². The Bertz CT molecular complexity index is 915. The van der Waals surface area contributed by atoms with Gasteiger partial charge in [-0.25, -0.2) is 0 Å². The fourth-order valence-electron chi connectivity index (χ4n) is 2.15. The molecule has 0 aliphatic carbocycles. The highest BCUT2D eigenvalue weighted by molar-refractivity contribution is 8.01. The Morgan fingerprint density at radius 3 is 2.73 bits per heavy atom. The first-order chi connectivity index (χ1) is 12.6. The molecule has 0 saturated heterocycles. The molecule has 0 aliphatic rings. The number of amides is 1. The number of thioether (sulfide) groups is 1. The van der Waals surface area contributed by atoms with Crippen molar-refractivity contribution < 1.29 is 9.72 Å². The number of nitro groups is 1. The minimum absolute atomic E-state index is 0.132. The summed E-state index contributed by atoms with van der Waals surface area (Å²) >= 11 is 2.85. The van der Waals surface area contributed by atoms with E-state index in [1.54, 1.807) is 11.8 Å². The van der Waals surface area contributed by atoms with Crippen LogP contribution in [0.1, 0.15) is 15.9 Å². The monoisotopic (exact) mass is 386 g/mol. The maximum atomic E-state index is 12.2. The summed E-state index contributed by atoms with van der Waals surface area (Å²) in [6.07, 6.45) is 0.917. The Kier molecular flexibility index (Phi) is 5.92. The van der Waals surface area contributed by atoms with Crippen LogP contribution in [0.4, 0.5) is 10.8 Å². The maximum absolute atomic E-state index is 12.2. The van der Waals surface area contributed by atoms with Gasteiger partial charge in [-0.3, -0.25) is 20.2 Å². The molecule has 0 fully saturated rings. The number of benzene rings is 2. The highest BCUT2D eigenvalue weighted by Crippen LogP contribution is 2.26. The quantitative estimate of drug-likeness (QED) is 0.285. The number of non-ortho nitro benzene ring substituents is 1. The SMILES string of the molecule is O=C(Nc1nnc(SCCc2ccccc2)s1)c1cccc([N+](=O)[O-])c1. The fraction of sp³-hybridized carbons (Fsp3) is 0.118. The van der Waals surface area contributed by atoms with Crippen molar-refractivity contribution in [2.24, 2.45) is 0 Å². The van der Waals surface area contributed by atoms with E-state index in [9.17, 15) is 14.9 Å². The van der Waals surface area contributed by atoms with Crippen molar-refractivity contribution in [3.05, 3.63) is 75.8 Å². The number of carbonyl (C=O) groups is 1. The molecule has 0 unspecified atom stereocenters. The highest BCUT2D eigenvalue weighted by atomic mass is 32.2. The molecule has 1 aromatic heterocycles. The zero-order chi connectivity index (χ0) is 18.4. The summed E-state index contributed by atoms with van der Waals surface area (Å²) in [5.74, 6) is 0.406. The van der Waals surface area contributed by atoms with Gasteiger partial charge in [-0.05, 0) is 18.1 Å². The molecule has 3 rings (SSSR count). The van der Waals surface area contributed by atoms with E-state index in [2.05, 4.69) is 27.6 Å². The first kappa shape index (κ1) is 18.0. The molecule has 7 nitrogen and oxygen atoms in total. The van der Waals surface area contributed by atoms with E-state index < -0.39 is 10.8 Å². The number of anilines is 1. The van der Waals surface area contributed by atoms with E-state index in [-0.39, 0.29) is 11.3 Å². The number of hydrogen-bond donors (Lipinski definition) is 1. The molecule has 0 spiro atoms.